The van der Waals surface area contributed by atoms with Crippen LogP contribution in [-0.4, -0.2) is 5.11 Å². The van der Waals surface area contributed by atoms with Crippen LogP contribution in [0.3, 0.4) is 0 Å². The molecule has 1 aromatic carbocycles. The molecular formula is C12H16FNO. The van der Waals surface area contributed by atoms with Crippen LogP contribution in [0, 0.1) is 12.7 Å². The number of hydrogen-bond acceptors (Lipinski definition) is 2. The van der Waals surface area contributed by atoms with Crippen molar-refractivity contribution in [3.05, 3.63) is 29.1 Å². The maximum absolute atomic E-state index is 13.4. The maximum Gasteiger partial charge on any atom is 0.130 e. The fourth-order valence-corrected chi connectivity index (χ4v) is 2.25. The van der Waals surface area contributed by atoms with Gasteiger partial charge in [-0.1, -0.05) is 12.8 Å². The van der Waals surface area contributed by atoms with Crippen molar-refractivity contribution in [2.24, 2.45) is 5.73 Å². The molecule has 3 N–H and O–H groups in total. The van der Waals surface area contributed by atoms with Crippen LogP contribution in [-0.2, 0) is 5.54 Å². The van der Waals surface area contributed by atoms with Gasteiger partial charge in [-0.2, -0.15) is 0 Å². The Morgan fingerprint density at radius 1 is 1.33 bits per heavy atom. The molecule has 0 heterocycles. The lowest BCUT2D eigenvalue weighted by molar-refractivity contribution is 0.435. The second-order valence-electron chi connectivity index (χ2n) is 4.47. The van der Waals surface area contributed by atoms with E-state index in [-0.39, 0.29) is 11.6 Å². The highest BCUT2D eigenvalue weighted by atomic mass is 19.1. The smallest absolute Gasteiger partial charge is 0.130 e. The Morgan fingerprint density at radius 2 is 1.93 bits per heavy atom. The molecule has 2 nitrogen and oxygen atoms in total. The van der Waals surface area contributed by atoms with Crippen LogP contribution in [0.15, 0.2) is 12.1 Å². The molecule has 1 aliphatic rings. The maximum atomic E-state index is 13.4. The van der Waals surface area contributed by atoms with Gasteiger partial charge in [-0.3, -0.25) is 0 Å². The third kappa shape index (κ3) is 1.72. The molecule has 3 heteroatoms. The first-order chi connectivity index (χ1) is 7.03. The molecule has 15 heavy (non-hydrogen) atoms. The Kier molecular flexibility index (Phi) is 2.43. The van der Waals surface area contributed by atoms with E-state index in [0.29, 0.717) is 5.56 Å². The monoisotopic (exact) mass is 209 g/mol. The first-order valence-corrected chi connectivity index (χ1v) is 5.31. The second kappa shape index (κ2) is 3.49. The van der Waals surface area contributed by atoms with Crippen LogP contribution < -0.4 is 5.73 Å². The number of halogens is 1. The molecule has 0 amide bonds. The van der Waals surface area contributed by atoms with Gasteiger partial charge in [-0.05, 0) is 37.5 Å². The van der Waals surface area contributed by atoms with E-state index in [1.807, 2.05) is 0 Å². The minimum atomic E-state index is -0.438. The average molecular weight is 209 g/mol. The van der Waals surface area contributed by atoms with Gasteiger partial charge in [0.05, 0.1) is 0 Å². The van der Waals surface area contributed by atoms with E-state index in [0.717, 1.165) is 31.2 Å². The third-order valence-electron chi connectivity index (χ3n) is 3.39. The van der Waals surface area contributed by atoms with Gasteiger partial charge < -0.3 is 10.8 Å². The SMILES string of the molecule is Cc1c(O)cc(C2(N)CCCC2)cc1F. The van der Waals surface area contributed by atoms with E-state index >= 15 is 0 Å². The van der Waals surface area contributed by atoms with Crippen LogP contribution in [0.25, 0.3) is 0 Å². The van der Waals surface area contributed by atoms with Crippen LogP contribution in [0.2, 0.25) is 0 Å². The lowest BCUT2D eigenvalue weighted by Crippen LogP contribution is -2.33. The molecule has 2 rings (SSSR count). The number of nitrogens with two attached hydrogens (primary N) is 1. The largest absolute Gasteiger partial charge is 0.508 e. The summed E-state index contributed by atoms with van der Waals surface area (Å²) in [5, 5.41) is 9.56. The number of phenolic OH excluding ortho intramolecular Hbond substituents is 1. The summed E-state index contributed by atoms with van der Waals surface area (Å²) in [7, 11) is 0. The van der Waals surface area contributed by atoms with Crippen molar-refractivity contribution in [2.45, 2.75) is 38.1 Å². The second-order valence-corrected chi connectivity index (χ2v) is 4.47. The molecule has 82 valence electrons. The molecule has 0 bridgehead atoms. The highest BCUT2D eigenvalue weighted by Gasteiger charge is 2.32. The Bertz CT molecular complexity index is 360. The van der Waals surface area contributed by atoms with E-state index in [1.165, 1.54) is 6.07 Å². The topological polar surface area (TPSA) is 46.2 Å². The molecule has 0 spiro atoms. The van der Waals surface area contributed by atoms with Crippen molar-refractivity contribution < 1.29 is 9.50 Å². The molecule has 0 aromatic heterocycles. The lowest BCUT2D eigenvalue weighted by atomic mass is 9.88. The quantitative estimate of drug-likeness (QED) is 0.746. The number of rotatable bonds is 1. The Labute approximate surface area is 88.9 Å². The van der Waals surface area contributed by atoms with E-state index in [2.05, 4.69) is 0 Å². The van der Waals surface area contributed by atoms with Crippen LogP contribution >= 0.6 is 0 Å². The highest BCUT2D eigenvalue weighted by Crippen LogP contribution is 2.38. The minimum absolute atomic E-state index is 0.00160. The third-order valence-corrected chi connectivity index (χ3v) is 3.39. The van der Waals surface area contributed by atoms with Crippen LogP contribution in [0.5, 0.6) is 5.75 Å². The molecule has 0 atom stereocenters. The predicted octanol–water partition coefficient (Wildman–Crippen LogP) is 2.57. The van der Waals surface area contributed by atoms with Crippen molar-refractivity contribution >= 4 is 0 Å². The van der Waals surface area contributed by atoms with Gasteiger partial charge in [0.2, 0.25) is 0 Å². The molecule has 1 saturated carbocycles. The Morgan fingerprint density at radius 3 is 2.47 bits per heavy atom. The highest BCUT2D eigenvalue weighted by molar-refractivity contribution is 5.40. The molecule has 0 unspecified atom stereocenters. The summed E-state index contributed by atoms with van der Waals surface area (Å²) >= 11 is 0. The van der Waals surface area contributed by atoms with Gasteiger partial charge in [0.1, 0.15) is 11.6 Å². The summed E-state index contributed by atoms with van der Waals surface area (Å²) in [5.74, 6) is -0.372. The summed E-state index contributed by atoms with van der Waals surface area (Å²) in [5.41, 5.74) is 6.77. The predicted molar refractivity (Wildman–Crippen MR) is 57.1 cm³/mol. The van der Waals surface area contributed by atoms with Crippen molar-refractivity contribution in [3.63, 3.8) is 0 Å². The van der Waals surface area contributed by atoms with Gasteiger partial charge >= 0.3 is 0 Å². The van der Waals surface area contributed by atoms with Crippen molar-refractivity contribution in [2.75, 3.05) is 0 Å². The molecule has 1 fully saturated rings. The summed E-state index contributed by atoms with van der Waals surface area (Å²) in [6.07, 6.45) is 3.89. The molecular weight excluding hydrogens is 193 g/mol. The zero-order valence-electron chi connectivity index (χ0n) is 8.89. The van der Waals surface area contributed by atoms with Crippen molar-refractivity contribution in [1.29, 1.82) is 0 Å². The average Bonchev–Trinajstić information content (AvgIpc) is 2.62. The summed E-state index contributed by atoms with van der Waals surface area (Å²) in [6, 6.07) is 3.06. The standard InChI is InChI=1S/C12H16FNO/c1-8-10(13)6-9(7-11(8)15)12(14)4-2-3-5-12/h6-7,15H,2-5,14H2,1H3. The molecule has 1 aliphatic carbocycles. The van der Waals surface area contributed by atoms with E-state index in [4.69, 9.17) is 5.73 Å². The van der Waals surface area contributed by atoms with Gasteiger partial charge in [-0.25, -0.2) is 4.39 Å². The van der Waals surface area contributed by atoms with Gasteiger partial charge in [-0.15, -0.1) is 0 Å². The zero-order chi connectivity index (χ0) is 11.1. The summed E-state index contributed by atoms with van der Waals surface area (Å²) < 4.78 is 13.4. The molecule has 0 aliphatic heterocycles. The number of benzene rings is 1. The van der Waals surface area contributed by atoms with Crippen molar-refractivity contribution in [3.8, 4) is 5.75 Å². The molecule has 1 aromatic rings. The van der Waals surface area contributed by atoms with Crippen LogP contribution in [0.1, 0.15) is 36.8 Å². The minimum Gasteiger partial charge on any atom is -0.508 e. The number of phenols is 1. The zero-order valence-corrected chi connectivity index (χ0v) is 8.89. The lowest BCUT2D eigenvalue weighted by Gasteiger charge is -2.24. The van der Waals surface area contributed by atoms with E-state index in [9.17, 15) is 9.50 Å². The first-order valence-electron chi connectivity index (χ1n) is 5.31. The number of aromatic hydroxyl groups is 1. The molecule has 0 saturated heterocycles. The fraction of sp³-hybridized carbons (Fsp3) is 0.500. The first kappa shape index (κ1) is 10.4. The summed E-state index contributed by atoms with van der Waals surface area (Å²) in [6.45, 7) is 1.56. The van der Waals surface area contributed by atoms with Crippen LogP contribution in [0.4, 0.5) is 4.39 Å². The van der Waals surface area contributed by atoms with E-state index < -0.39 is 5.54 Å². The Balaban J connectivity index is 2.45. The van der Waals surface area contributed by atoms with Gasteiger partial charge in [0.15, 0.2) is 0 Å². The van der Waals surface area contributed by atoms with E-state index in [1.54, 1.807) is 13.0 Å². The summed E-state index contributed by atoms with van der Waals surface area (Å²) in [4.78, 5) is 0. The fourth-order valence-electron chi connectivity index (χ4n) is 2.25. The normalized spacial score (nSPS) is 19.4. The molecule has 0 radical (unpaired) electrons. The Hall–Kier alpha value is -1.09. The van der Waals surface area contributed by atoms with Gasteiger partial charge in [0, 0.05) is 11.1 Å². The number of hydrogen-bond donors (Lipinski definition) is 2. The van der Waals surface area contributed by atoms with Crippen molar-refractivity contribution in [1.82, 2.24) is 0 Å². The van der Waals surface area contributed by atoms with Gasteiger partial charge in [0.25, 0.3) is 0 Å².